The van der Waals surface area contributed by atoms with Crippen molar-refractivity contribution in [1.29, 1.82) is 0 Å². The summed E-state index contributed by atoms with van der Waals surface area (Å²) in [4.78, 5) is 4.36. The summed E-state index contributed by atoms with van der Waals surface area (Å²) in [5.41, 5.74) is 5.89. The molecule has 1 atom stereocenters. The Morgan fingerprint density at radius 1 is 1.33 bits per heavy atom. The fraction of sp³-hybridized carbons (Fsp3) is 0.562. The molecule has 0 aliphatic carbocycles. The maximum absolute atomic E-state index is 5.89. The van der Waals surface area contributed by atoms with Crippen molar-refractivity contribution in [3.05, 3.63) is 18.2 Å². The molecule has 0 bridgehead atoms. The maximum Gasteiger partial charge on any atom is 0.231 e. The largest absolute Gasteiger partial charge is 0.493 e. The summed E-state index contributed by atoms with van der Waals surface area (Å²) >= 11 is 1.56. The average molecular weight is 375 g/mol. The zero-order chi connectivity index (χ0) is 15.9. The van der Waals surface area contributed by atoms with Gasteiger partial charge in [-0.05, 0) is 31.4 Å². The maximum atomic E-state index is 5.89. The zero-order valence-electron chi connectivity index (χ0n) is 13.4. The Labute approximate surface area is 152 Å². The van der Waals surface area contributed by atoms with E-state index in [4.69, 9.17) is 24.7 Å². The lowest BCUT2D eigenvalue weighted by molar-refractivity contribution is 0.118. The lowest BCUT2D eigenvalue weighted by Crippen LogP contribution is -2.15. The first-order chi connectivity index (χ1) is 11.3. The van der Waals surface area contributed by atoms with Crippen LogP contribution in [0.2, 0.25) is 0 Å². The summed E-state index contributed by atoms with van der Waals surface area (Å²) in [7, 11) is 0. The third-order valence-corrected chi connectivity index (χ3v) is 4.54. The van der Waals surface area contributed by atoms with Crippen LogP contribution >= 0.6 is 24.2 Å². The highest BCUT2D eigenvalue weighted by molar-refractivity contribution is 8.13. The monoisotopic (exact) mass is 374 g/mol. The average Bonchev–Trinajstić information content (AvgIpc) is 3.23. The van der Waals surface area contributed by atoms with Crippen LogP contribution in [0.3, 0.4) is 0 Å². The summed E-state index contributed by atoms with van der Waals surface area (Å²) in [6.07, 6.45) is 3.37. The van der Waals surface area contributed by atoms with Crippen molar-refractivity contribution in [2.75, 3.05) is 32.3 Å². The van der Waals surface area contributed by atoms with E-state index in [1.165, 1.54) is 0 Å². The minimum atomic E-state index is 0. The van der Waals surface area contributed by atoms with Crippen molar-refractivity contribution in [2.45, 2.75) is 25.4 Å². The lowest BCUT2D eigenvalue weighted by atomic mass is 10.2. The third kappa shape index (κ3) is 5.65. The molecule has 0 spiro atoms. The van der Waals surface area contributed by atoms with Gasteiger partial charge in [0, 0.05) is 18.4 Å². The number of nitrogens with zero attached hydrogens (tertiary/aromatic N) is 1. The van der Waals surface area contributed by atoms with Gasteiger partial charge in [-0.25, -0.2) is 0 Å². The molecule has 24 heavy (non-hydrogen) atoms. The van der Waals surface area contributed by atoms with E-state index in [0.717, 1.165) is 48.9 Å². The Kier molecular flexibility index (Phi) is 7.81. The van der Waals surface area contributed by atoms with Gasteiger partial charge in [-0.15, -0.1) is 12.4 Å². The van der Waals surface area contributed by atoms with Crippen LogP contribution in [0.15, 0.2) is 23.2 Å². The molecule has 1 unspecified atom stereocenters. The van der Waals surface area contributed by atoms with Crippen molar-refractivity contribution < 1.29 is 18.9 Å². The van der Waals surface area contributed by atoms with E-state index in [1.54, 1.807) is 11.8 Å². The molecule has 1 aromatic carbocycles. The number of halogens is 1. The summed E-state index contributed by atoms with van der Waals surface area (Å²) < 4.78 is 21.8. The molecule has 2 aliphatic rings. The summed E-state index contributed by atoms with van der Waals surface area (Å²) in [5.74, 6) is 3.18. The Bertz CT molecular complexity index is 553. The Balaban J connectivity index is 0.00000208. The molecule has 1 fully saturated rings. The van der Waals surface area contributed by atoms with E-state index in [2.05, 4.69) is 4.99 Å². The van der Waals surface area contributed by atoms with Crippen molar-refractivity contribution in [1.82, 2.24) is 0 Å². The van der Waals surface area contributed by atoms with Crippen LogP contribution in [0.5, 0.6) is 17.2 Å². The van der Waals surface area contributed by atoms with Crippen LogP contribution in [0, 0.1) is 0 Å². The molecular formula is C16H23ClN2O4S. The molecule has 0 amide bonds. The highest BCUT2D eigenvalue weighted by Gasteiger charge is 2.15. The van der Waals surface area contributed by atoms with Gasteiger partial charge in [-0.1, -0.05) is 11.8 Å². The second-order valence-electron chi connectivity index (χ2n) is 5.38. The predicted molar refractivity (Wildman–Crippen MR) is 97.8 cm³/mol. The number of fused-ring (bicyclic) bond motifs is 1. The number of aliphatic imine (C=N–C) groups is 1. The highest BCUT2D eigenvalue weighted by Crippen LogP contribution is 2.35. The predicted octanol–water partition coefficient (Wildman–Crippen LogP) is 2.83. The van der Waals surface area contributed by atoms with Gasteiger partial charge in [0.05, 0.1) is 19.3 Å². The summed E-state index contributed by atoms with van der Waals surface area (Å²) in [5, 5.41) is 0.628. The van der Waals surface area contributed by atoms with Gasteiger partial charge in [0.1, 0.15) is 5.75 Å². The molecule has 6 nitrogen and oxygen atoms in total. The molecule has 1 aromatic rings. The van der Waals surface area contributed by atoms with Gasteiger partial charge in [0.25, 0.3) is 0 Å². The number of ether oxygens (including phenoxy) is 4. The van der Waals surface area contributed by atoms with E-state index >= 15 is 0 Å². The number of hydrogen-bond donors (Lipinski definition) is 1. The standard InChI is InChI=1S/C16H22N2O4S.ClH/c17-16(18-10-13-3-1-6-20-13)23-8-2-7-19-12-4-5-14-15(9-12)22-11-21-14;/h4-5,9,13H,1-3,6-8,10-11H2,(H2,17,18);1H. The first-order valence-electron chi connectivity index (χ1n) is 7.88. The second kappa shape index (κ2) is 9.86. The molecule has 0 saturated carbocycles. The van der Waals surface area contributed by atoms with Crippen molar-refractivity contribution >= 4 is 29.3 Å². The topological polar surface area (TPSA) is 75.3 Å². The van der Waals surface area contributed by atoms with Gasteiger partial charge < -0.3 is 24.7 Å². The van der Waals surface area contributed by atoms with Crippen LogP contribution in [0.1, 0.15) is 19.3 Å². The third-order valence-electron chi connectivity index (χ3n) is 3.63. The van der Waals surface area contributed by atoms with Crippen LogP contribution in [-0.2, 0) is 4.74 Å². The fourth-order valence-corrected chi connectivity index (χ4v) is 3.06. The minimum Gasteiger partial charge on any atom is -0.493 e. The van der Waals surface area contributed by atoms with Crippen molar-refractivity contribution in [3.8, 4) is 17.2 Å². The molecule has 3 rings (SSSR count). The highest BCUT2D eigenvalue weighted by atomic mass is 35.5. The van der Waals surface area contributed by atoms with Crippen LogP contribution in [0.4, 0.5) is 0 Å². The van der Waals surface area contributed by atoms with E-state index in [-0.39, 0.29) is 25.3 Å². The van der Waals surface area contributed by atoms with Crippen molar-refractivity contribution in [3.63, 3.8) is 0 Å². The van der Waals surface area contributed by atoms with E-state index in [1.807, 2.05) is 18.2 Å². The number of thioether (sulfide) groups is 1. The Morgan fingerprint density at radius 2 is 2.21 bits per heavy atom. The molecule has 8 heteroatoms. The lowest BCUT2D eigenvalue weighted by Gasteiger charge is -2.08. The molecule has 1 saturated heterocycles. The molecule has 0 radical (unpaired) electrons. The SMILES string of the molecule is Cl.NC(=NCC1CCCO1)SCCCOc1ccc2c(c1)OCO2. The molecule has 2 N–H and O–H groups in total. The van der Waals surface area contributed by atoms with E-state index in [9.17, 15) is 0 Å². The Morgan fingerprint density at radius 3 is 3.04 bits per heavy atom. The van der Waals surface area contributed by atoms with Crippen LogP contribution < -0.4 is 19.9 Å². The van der Waals surface area contributed by atoms with Crippen LogP contribution in [0.25, 0.3) is 0 Å². The number of rotatable bonds is 7. The first-order valence-corrected chi connectivity index (χ1v) is 8.86. The zero-order valence-corrected chi connectivity index (χ0v) is 15.1. The molecule has 2 aliphatic heterocycles. The summed E-state index contributed by atoms with van der Waals surface area (Å²) in [6.45, 7) is 2.43. The smallest absolute Gasteiger partial charge is 0.231 e. The van der Waals surface area contributed by atoms with Gasteiger partial charge in [-0.3, -0.25) is 4.99 Å². The van der Waals surface area contributed by atoms with Crippen molar-refractivity contribution in [2.24, 2.45) is 10.7 Å². The van der Waals surface area contributed by atoms with Gasteiger partial charge in [-0.2, -0.15) is 0 Å². The van der Waals surface area contributed by atoms with E-state index in [0.29, 0.717) is 18.3 Å². The second-order valence-corrected chi connectivity index (χ2v) is 6.49. The molecule has 0 aromatic heterocycles. The normalized spacial score (nSPS) is 19.2. The number of benzene rings is 1. The number of amidine groups is 1. The quantitative estimate of drug-likeness (QED) is 0.449. The molecular weight excluding hydrogens is 352 g/mol. The minimum absolute atomic E-state index is 0. The van der Waals surface area contributed by atoms with Crippen LogP contribution in [-0.4, -0.2) is 43.6 Å². The van der Waals surface area contributed by atoms with E-state index < -0.39 is 0 Å². The molecule has 134 valence electrons. The Hall–Kier alpha value is -1.31. The van der Waals surface area contributed by atoms with Gasteiger partial charge in [0.15, 0.2) is 16.7 Å². The number of nitrogens with two attached hydrogens (primary N) is 1. The van der Waals surface area contributed by atoms with Gasteiger partial charge >= 0.3 is 0 Å². The van der Waals surface area contributed by atoms with Gasteiger partial charge in [0.2, 0.25) is 6.79 Å². The summed E-state index contributed by atoms with van der Waals surface area (Å²) in [6, 6.07) is 5.60. The fourth-order valence-electron chi connectivity index (χ4n) is 2.42. The first kappa shape index (κ1) is 19.0. The number of hydrogen-bond acceptors (Lipinski definition) is 6. The molecule has 2 heterocycles.